The monoisotopic (exact) mass is 456 g/mol. The molecule has 2 saturated heterocycles. The highest BCUT2D eigenvalue weighted by Gasteiger charge is 2.16. The van der Waals surface area contributed by atoms with Crippen molar-refractivity contribution in [2.75, 3.05) is 43.9 Å². The van der Waals surface area contributed by atoms with Crippen molar-refractivity contribution in [2.24, 2.45) is 0 Å². The van der Waals surface area contributed by atoms with Crippen molar-refractivity contribution in [1.29, 1.82) is 0 Å². The first-order valence-corrected chi connectivity index (χ1v) is 12.1. The molecule has 2 aliphatic rings. The molecule has 0 bridgehead atoms. The number of carbonyl (C=O) groups is 1. The fraction of sp³-hybridized carbons (Fsp3) is 0.370. The molecule has 2 N–H and O–H groups in total. The number of likely N-dealkylation sites (tertiary alicyclic amines) is 2. The molecule has 34 heavy (non-hydrogen) atoms. The van der Waals surface area contributed by atoms with Crippen LogP contribution in [0.15, 0.2) is 55.0 Å². The van der Waals surface area contributed by atoms with E-state index in [1.54, 1.807) is 6.20 Å². The van der Waals surface area contributed by atoms with Crippen molar-refractivity contribution >= 4 is 17.3 Å². The minimum atomic E-state index is -0.0596. The smallest absolute Gasteiger partial charge is 0.228 e. The van der Waals surface area contributed by atoms with Crippen LogP contribution in [-0.4, -0.2) is 58.9 Å². The second-order valence-corrected chi connectivity index (χ2v) is 9.23. The van der Waals surface area contributed by atoms with Gasteiger partial charge in [-0.2, -0.15) is 0 Å². The Morgan fingerprint density at radius 1 is 0.912 bits per heavy atom. The summed E-state index contributed by atoms with van der Waals surface area (Å²) < 4.78 is 0. The Morgan fingerprint density at radius 3 is 2.38 bits per heavy atom. The van der Waals surface area contributed by atoms with Crippen LogP contribution in [0.2, 0.25) is 0 Å². The molecule has 0 unspecified atom stereocenters. The highest BCUT2D eigenvalue weighted by Crippen LogP contribution is 2.27. The summed E-state index contributed by atoms with van der Waals surface area (Å²) in [6, 6.07) is 12.3. The minimum absolute atomic E-state index is 0.0596. The normalized spacial score (nSPS) is 15.9. The number of rotatable bonds is 9. The largest absolute Gasteiger partial charge is 0.388 e. The van der Waals surface area contributed by atoms with Crippen LogP contribution >= 0.6 is 0 Å². The number of anilines is 2. The standard InChI is InChI=1S/C27H32N6O/c1-28-26-7-4-21(23-12-20(15-29-16-23)18-32-8-2-9-32)13-22(26)14-27(34)31-24-5-6-25(30-17-24)19-33-10-3-11-33/h4-7,12-13,15-17,28H,2-3,8-11,14,18-19H2,1H3,(H,31,34). The molecular formula is C27H32N6O. The summed E-state index contributed by atoms with van der Waals surface area (Å²) in [5.74, 6) is -0.0596. The van der Waals surface area contributed by atoms with Gasteiger partial charge in [0.2, 0.25) is 5.91 Å². The van der Waals surface area contributed by atoms with Crippen molar-refractivity contribution < 1.29 is 4.79 Å². The van der Waals surface area contributed by atoms with Gasteiger partial charge in [-0.05, 0) is 86.0 Å². The molecule has 3 aromatic rings. The van der Waals surface area contributed by atoms with Crippen LogP contribution in [0.4, 0.5) is 11.4 Å². The van der Waals surface area contributed by atoms with E-state index >= 15 is 0 Å². The van der Waals surface area contributed by atoms with Crippen LogP contribution in [0.1, 0.15) is 29.7 Å². The van der Waals surface area contributed by atoms with E-state index in [0.29, 0.717) is 0 Å². The van der Waals surface area contributed by atoms with E-state index in [4.69, 9.17) is 0 Å². The molecule has 2 aromatic heterocycles. The third-order valence-corrected chi connectivity index (χ3v) is 6.65. The molecule has 7 nitrogen and oxygen atoms in total. The van der Waals surface area contributed by atoms with Gasteiger partial charge in [-0.1, -0.05) is 6.07 Å². The molecule has 2 fully saturated rings. The van der Waals surface area contributed by atoms with Gasteiger partial charge in [0.1, 0.15) is 0 Å². The van der Waals surface area contributed by atoms with Crippen molar-refractivity contribution in [3.8, 4) is 11.1 Å². The Hall–Kier alpha value is -3.29. The summed E-state index contributed by atoms with van der Waals surface area (Å²) in [6.07, 6.45) is 8.41. The van der Waals surface area contributed by atoms with Gasteiger partial charge in [-0.15, -0.1) is 0 Å². The molecule has 4 heterocycles. The molecule has 5 rings (SSSR count). The zero-order valence-corrected chi connectivity index (χ0v) is 19.8. The van der Waals surface area contributed by atoms with Crippen LogP contribution in [0.25, 0.3) is 11.1 Å². The summed E-state index contributed by atoms with van der Waals surface area (Å²) in [5, 5.41) is 6.21. The zero-order valence-electron chi connectivity index (χ0n) is 19.8. The van der Waals surface area contributed by atoms with E-state index in [2.05, 4.69) is 48.6 Å². The first kappa shape index (κ1) is 22.5. The number of pyridine rings is 2. The predicted octanol–water partition coefficient (Wildman–Crippen LogP) is 3.78. The Kier molecular flexibility index (Phi) is 6.83. The molecular weight excluding hydrogens is 424 g/mol. The van der Waals surface area contributed by atoms with Crippen molar-refractivity contribution in [2.45, 2.75) is 32.4 Å². The molecule has 1 aromatic carbocycles. The maximum atomic E-state index is 12.8. The summed E-state index contributed by atoms with van der Waals surface area (Å²) in [7, 11) is 1.88. The Morgan fingerprint density at radius 2 is 1.71 bits per heavy atom. The predicted molar refractivity (Wildman–Crippen MR) is 136 cm³/mol. The van der Waals surface area contributed by atoms with Gasteiger partial charge in [0.05, 0.1) is 24.0 Å². The number of aromatic nitrogens is 2. The SMILES string of the molecule is CNc1ccc(-c2cncc(CN3CCC3)c2)cc1CC(=O)Nc1ccc(CN2CCC2)nc1. The zero-order chi connectivity index (χ0) is 23.3. The number of nitrogens with zero attached hydrogens (tertiary/aromatic N) is 4. The van der Waals surface area contributed by atoms with Crippen LogP contribution in [0, 0.1) is 0 Å². The lowest BCUT2D eigenvalue weighted by Crippen LogP contribution is -2.36. The van der Waals surface area contributed by atoms with E-state index in [-0.39, 0.29) is 12.3 Å². The maximum Gasteiger partial charge on any atom is 0.228 e. The molecule has 0 atom stereocenters. The summed E-state index contributed by atoms with van der Waals surface area (Å²) in [6.45, 7) is 6.43. The molecule has 0 spiro atoms. The van der Waals surface area contributed by atoms with Crippen molar-refractivity contribution in [3.63, 3.8) is 0 Å². The molecule has 0 radical (unpaired) electrons. The second-order valence-electron chi connectivity index (χ2n) is 9.23. The minimum Gasteiger partial charge on any atom is -0.388 e. The first-order valence-electron chi connectivity index (χ1n) is 12.1. The third kappa shape index (κ3) is 5.43. The number of hydrogen-bond acceptors (Lipinski definition) is 6. The van der Waals surface area contributed by atoms with Crippen LogP contribution in [-0.2, 0) is 24.3 Å². The Labute approximate surface area is 201 Å². The van der Waals surface area contributed by atoms with Gasteiger partial charge >= 0.3 is 0 Å². The maximum absolute atomic E-state index is 12.8. The molecule has 1 amide bonds. The van der Waals surface area contributed by atoms with E-state index in [9.17, 15) is 4.79 Å². The fourth-order valence-corrected chi connectivity index (χ4v) is 4.43. The first-order chi connectivity index (χ1) is 16.7. The fourth-order valence-electron chi connectivity index (χ4n) is 4.43. The summed E-state index contributed by atoms with van der Waals surface area (Å²) >= 11 is 0. The highest BCUT2D eigenvalue weighted by atomic mass is 16.1. The van der Waals surface area contributed by atoms with E-state index in [0.717, 1.165) is 73.0 Å². The van der Waals surface area contributed by atoms with Crippen molar-refractivity contribution in [1.82, 2.24) is 19.8 Å². The lowest BCUT2D eigenvalue weighted by atomic mass is 9.99. The van der Waals surface area contributed by atoms with Crippen molar-refractivity contribution in [3.05, 3.63) is 71.8 Å². The van der Waals surface area contributed by atoms with Gasteiger partial charge in [0.15, 0.2) is 0 Å². The second kappa shape index (κ2) is 10.3. The van der Waals surface area contributed by atoms with Gasteiger partial charge in [0.25, 0.3) is 0 Å². The lowest BCUT2D eigenvalue weighted by Gasteiger charge is -2.30. The van der Waals surface area contributed by atoms with Crippen LogP contribution in [0.3, 0.4) is 0 Å². The topological polar surface area (TPSA) is 73.4 Å². The van der Waals surface area contributed by atoms with Gasteiger partial charge < -0.3 is 10.6 Å². The average molecular weight is 457 g/mol. The molecule has 2 aliphatic heterocycles. The average Bonchev–Trinajstić information content (AvgIpc) is 2.80. The molecule has 0 aliphatic carbocycles. The van der Waals surface area contributed by atoms with Gasteiger partial charge in [-0.25, -0.2) is 0 Å². The third-order valence-electron chi connectivity index (χ3n) is 6.65. The van der Waals surface area contributed by atoms with Gasteiger partial charge in [-0.3, -0.25) is 24.6 Å². The van der Waals surface area contributed by atoms with Crippen LogP contribution < -0.4 is 10.6 Å². The molecule has 176 valence electrons. The summed E-state index contributed by atoms with van der Waals surface area (Å²) in [4.78, 5) is 26.6. The van der Waals surface area contributed by atoms with E-state index in [1.807, 2.05) is 37.6 Å². The Balaban J connectivity index is 1.26. The number of benzene rings is 1. The quantitative estimate of drug-likeness (QED) is 0.511. The lowest BCUT2D eigenvalue weighted by molar-refractivity contribution is -0.115. The van der Waals surface area contributed by atoms with Crippen LogP contribution in [0.5, 0.6) is 0 Å². The van der Waals surface area contributed by atoms with E-state index < -0.39 is 0 Å². The van der Waals surface area contributed by atoms with Gasteiger partial charge in [0, 0.05) is 43.8 Å². The Bertz CT molecular complexity index is 1140. The summed E-state index contributed by atoms with van der Waals surface area (Å²) in [5.41, 5.74) is 7.02. The molecule has 7 heteroatoms. The molecule has 0 saturated carbocycles. The number of hydrogen-bond donors (Lipinski definition) is 2. The number of amides is 1. The number of nitrogens with one attached hydrogen (secondary N) is 2. The highest BCUT2D eigenvalue weighted by molar-refractivity contribution is 5.93. The number of carbonyl (C=O) groups excluding carboxylic acids is 1. The van der Waals surface area contributed by atoms with E-state index in [1.165, 1.54) is 18.4 Å².